The van der Waals surface area contributed by atoms with Crippen molar-refractivity contribution in [3.8, 4) is 0 Å². The predicted octanol–water partition coefficient (Wildman–Crippen LogP) is 2.02. The SMILES string of the molecule is CCCC(C)N(CCO)C1CCC1. The van der Waals surface area contributed by atoms with Crippen LogP contribution in [0.1, 0.15) is 46.0 Å². The molecular formula is C11H23NO. The molecule has 13 heavy (non-hydrogen) atoms. The third-order valence-electron chi connectivity index (χ3n) is 3.17. The summed E-state index contributed by atoms with van der Waals surface area (Å²) in [4.78, 5) is 2.49. The molecule has 1 atom stereocenters. The Morgan fingerprint density at radius 2 is 2.15 bits per heavy atom. The molecule has 0 bridgehead atoms. The van der Waals surface area contributed by atoms with Gasteiger partial charge in [0, 0.05) is 18.6 Å². The van der Waals surface area contributed by atoms with Crippen LogP contribution in [0.15, 0.2) is 0 Å². The fraction of sp³-hybridized carbons (Fsp3) is 1.00. The number of hydrogen-bond acceptors (Lipinski definition) is 2. The molecule has 2 heteroatoms. The molecule has 1 rings (SSSR count). The van der Waals surface area contributed by atoms with E-state index in [2.05, 4.69) is 18.7 Å². The van der Waals surface area contributed by atoms with Crippen LogP contribution >= 0.6 is 0 Å². The minimum atomic E-state index is 0.310. The van der Waals surface area contributed by atoms with E-state index in [9.17, 15) is 0 Å². The molecule has 1 aliphatic rings. The van der Waals surface area contributed by atoms with E-state index in [0.717, 1.165) is 12.6 Å². The normalized spacial score (nSPS) is 20.3. The van der Waals surface area contributed by atoms with Crippen molar-refractivity contribution in [1.29, 1.82) is 0 Å². The van der Waals surface area contributed by atoms with Gasteiger partial charge in [0.05, 0.1) is 6.61 Å². The maximum absolute atomic E-state index is 8.98. The van der Waals surface area contributed by atoms with Gasteiger partial charge in [-0.3, -0.25) is 4.90 Å². The molecule has 0 heterocycles. The van der Waals surface area contributed by atoms with Gasteiger partial charge < -0.3 is 5.11 Å². The molecule has 1 aliphatic carbocycles. The molecular weight excluding hydrogens is 162 g/mol. The summed E-state index contributed by atoms with van der Waals surface area (Å²) in [6.07, 6.45) is 6.57. The first-order valence-corrected chi connectivity index (χ1v) is 5.66. The van der Waals surface area contributed by atoms with E-state index in [0.29, 0.717) is 12.6 Å². The van der Waals surface area contributed by atoms with Crippen LogP contribution in [-0.4, -0.2) is 35.2 Å². The number of aliphatic hydroxyl groups is 1. The molecule has 1 N–H and O–H groups in total. The lowest BCUT2D eigenvalue weighted by molar-refractivity contribution is 0.0629. The topological polar surface area (TPSA) is 23.5 Å². The molecule has 0 aromatic rings. The molecule has 0 spiro atoms. The zero-order valence-corrected chi connectivity index (χ0v) is 9.00. The van der Waals surface area contributed by atoms with Crippen LogP contribution in [0.2, 0.25) is 0 Å². The zero-order valence-electron chi connectivity index (χ0n) is 9.00. The first kappa shape index (κ1) is 11.0. The van der Waals surface area contributed by atoms with Gasteiger partial charge in [-0.2, -0.15) is 0 Å². The van der Waals surface area contributed by atoms with Crippen molar-refractivity contribution in [3.63, 3.8) is 0 Å². The van der Waals surface area contributed by atoms with Crippen molar-refractivity contribution in [2.75, 3.05) is 13.2 Å². The molecule has 0 aromatic heterocycles. The predicted molar refractivity (Wildman–Crippen MR) is 55.8 cm³/mol. The minimum absolute atomic E-state index is 0.310. The quantitative estimate of drug-likeness (QED) is 0.684. The highest BCUT2D eigenvalue weighted by atomic mass is 16.3. The fourth-order valence-electron chi connectivity index (χ4n) is 2.18. The zero-order chi connectivity index (χ0) is 9.68. The maximum Gasteiger partial charge on any atom is 0.0558 e. The Hall–Kier alpha value is -0.0800. The van der Waals surface area contributed by atoms with E-state index in [-0.39, 0.29) is 0 Å². The monoisotopic (exact) mass is 185 g/mol. The van der Waals surface area contributed by atoms with Crippen LogP contribution in [0.4, 0.5) is 0 Å². The lowest BCUT2D eigenvalue weighted by atomic mass is 9.90. The first-order valence-electron chi connectivity index (χ1n) is 5.66. The van der Waals surface area contributed by atoms with Crippen molar-refractivity contribution in [1.82, 2.24) is 4.90 Å². The lowest BCUT2D eigenvalue weighted by Crippen LogP contribution is -2.46. The third-order valence-corrected chi connectivity index (χ3v) is 3.17. The standard InChI is InChI=1S/C11H23NO/c1-3-5-10(2)12(8-9-13)11-6-4-7-11/h10-11,13H,3-9H2,1-2H3. The highest BCUT2D eigenvalue weighted by Gasteiger charge is 2.27. The number of aliphatic hydroxyl groups excluding tert-OH is 1. The average Bonchev–Trinajstić information content (AvgIpc) is 2.01. The largest absolute Gasteiger partial charge is 0.395 e. The van der Waals surface area contributed by atoms with Gasteiger partial charge in [-0.15, -0.1) is 0 Å². The van der Waals surface area contributed by atoms with E-state index in [1.54, 1.807) is 0 Å². The molecule has 0 amide bonds. The van der Waals surface area contributed by atoms with Gasteiger partial charge in [-0.25, -0.2) is 0 Å². The van der Waals surface area contributed by atoms with Crippen molar-refractivity contribution in [2.24, 2.45) is 0 Å². The Morgan fingerprint density at radius 3 is 2.54 bits per heavy atom. The molecule has 1 unspecified atom stereocenters. The summed E-state index contributed by atoms with van der Waals surface area (Å²) < 4.78 is 0. The van der Waals surface area contributed by atoms with Crippen LogP contribution < -0.4 is 0 Å². The second kappa shape index (κ2) is 5.61. The van der Waals surface area contributed by atoms with Crippen LogP contribution in [0, 0.1) is 0 Å². The van der Waals surface area contributed by atoms with Crippen molar-refractivity contribution in [3.05, 3.63) is 0 Å². The van der Waals surface area contributed by atoms with Gasteiger partial charge in [-0.1, -0.05) is 19.8 Å². The summed E-state index contributed by atoms with van der Waals surface area (Å²) in [7, 11) is 0. The van der Waals surface area contributed by atoms with E-state index < -0.39 is 0 Å². The second-order valence-electron chi connectivity index (χ2n) is 4.18. The highest BCUT2D eigenvalue weighted by Crippen LogP contribution is 2.27. The van der Waals surface area contributed by atoms with Gasteiger partial charge in [0.25, 0.3) is 0 Å². The number of nitrogens with zero attached hydrogens (tertiary/aromatic N) is 1. The maximum atomic E-state index is 8.98. The Labute approximate surface area is 81.9 Å². The van der Waals surface area contributed by atoms with Crippen LogP contribution in [-0.2, 0) is 0 Å². The molecule has 2 nitrogen and oxygen atoms in total. The summed E-state index contributed by atoms with van der Waals surface area (Å²) in [6, 6.07) is 1.43. The molecule has 0 radical (unpaired) electrons. The lowest BCUT2D eigenvalue weighted by Gasteiger charge is -2.41. The number of hydrogen-bond donors (Lipinski definition) is 1. The van der Waals surface area contributed by atoms with Crippen LogP contribution in [0.3, 0.4) is 0 Å². The van der Waals surface area contributed by atoms with Gasteiger partial charge in [0.1, 0.15) is 0 Å². The molecule has 1 saturated carbocycles. The molecule has 1 fully saturated rings. The molecule has 0 aromatic carbocycles. The van der Waals surface area contributed by atoms with Crippen molar-refractivity contribution in [2.45, 2.75) is 58.0 Å². The van der Waals surface area contributed by atoms with E-state index in [4.69, 9.17) is 5.11 Å². The van der Waals surface area contributed by atoms with Crippen LogP contribution in [0.5, 0.6) is 0 Å². The van der Waals surface area contributed by atoms with Gasteiger partial charge >= 0.3 is 0 Å². The molecule has 78 valence electrons. The van der Waals surface area contributed by atoms with Gasteiger partial charge in [0.2, 0.25) is 0 Å². The Kier molecular flexibility index (Phi) is 4.74. The summed E-state index contributed by atoms with van der Waals surface area (Å²) in [5, 5.41) is 8.98. The summed E-state index contributed by atoms with van der Waals surface area (Å²) in [5.41, 5.74) is 0. The Bertz CT molecular complexity index is 134. The smallest absolute Gasteiger partial charge is 0.0558 e. The van der Waals surface area contributed by atoms with Crippen molar-refractivity contribution >= 4 is 0 Å². The highest BCUT2D eigenvalue weighted by molar-refractivity contribution is 4.83. The van der Waals surface area contributed by atoms with E-state index in [1.165, 1.54) is 32.1 Å². The first-order chi connectivity index (χ1) is 6.29. The minimum Gasteiger partial charge on any atom is -0.395 e. The molecule has 0 aliphatic heterocycles. The summed E-state index contributed by atoms with van der Waals surface area (Å²) in [5.74, 6) is 0. The fourth-order valence-corrected chi connectivity index (χ4v) is 2.18. The van der Waals surface area contributed by atoms with E-state index in [1.807, 2.05) is 0 Å². The third kappa shape index (κ3) is 2.96. The number of rotatable bonds is 6. The average molecular weight is 185 g/mol. The van der Waals surface area contributed by atoms with E-state index >= 15 is 0 Å². The summed E-state index contributed by atoms with van der Waals surface area (Å²) in [6.45, 7) is 5.70. The van der Waals surface area contributed by atoms with Gasteiger partial charge in [-0.05, 0) is 26.2 Å². The Morgan fingerprint density at radius 1 is 1.46 bits per heavy atom. The second-order valence-corrected chi connectivity index (χ2v) is 4.18. The van der Waals surface area contributed by atoms with Crippen molar-refractivity contribution < 1.29 is 5.11 Å². The Balaban J connectivity index is 2.35. The molecule has 0 saturated heterocycles. The van der Waals surface area contributed by atoms with Gasteiger partial charge in [0.15, 0.2) is 0 Å². The summed E-state index contributed by atoms with van der Waals surface area (Å²) >= 11 is 0. The van der Waals surface area contributed by atoms with Crippen LogP contribution in [0.25, 0.3) is 0 Å².